The maximum Gasteiger partial charge on any atom is 0.254 e. The van der Waals surface area contributed by atoms with Crippen LogP contribution < -0.4 is 15.2 Å². The lowest BCUT2D eigenvalue weighted by atomic mass is 9.90. The first-order valence-electron chi connectivity index (χ1n) is 7.44. The normalized spacial score (nSPS) is 20.1. The van der Waals surface area contributed by atoms with Gasteiger partial charge in [-0.3, -0.25) is 4.79 Å². The summed E-state index contributed by atoms with van der Waals surface area (Å²) in [6, 6.07) is 3.31. The molecule has 0 radical (unpaired) electrons. The van der Waals surface area contributed by atoms with Crippen molar-refractivity contribution in [2.45, 2.75) is 20.3 Å². The van der Waals surface area contributed by atoms with E-state index in [0.717, 1.165) is 6.42 Å². The van der Waals surface area contributed by atoms with E-state index in [-0.39, 0.29) is 23.7 Å². The molecule has 5 nitrogen and oxygen atoms in total. The molecule has 1 heterocycles. The number of carbonyl (C=O) groups excluding carboxylic acids is 1. The summed E-state index contributed by atoms with van der Waals surface area (Å²) in [4.78, 5) is 14.5. The number of amides is 1. The van der Waals surface area contributed by atoms with Crippen LogP contribution in [0.25, 0.3) is 0 Å². The Bertz CT molecular complexity index is 569. The number of hydrogen-bond acceptors (Lipinski definition) is 4. The molecule has 0 spiro atoms. The number of rotatable bonds is 5. The minimum atomic E-state index is -0.0552. The van der Waals surface area contributed by atoms with Crippen molar-refractivity contribution in [1.29, 1.82) is 0 Å². The number of benzene rings is 1. The van der Waals surface area contributed by atoms with E-state index >= 15 is 0 Å². The van der Waals surface area contributed by atoms with Gasteiger partial charge in [0.05, 0.1) is 18.7 Å². The van der Waals surface area contributed by atoms with Crippen LogP contribution in [0.5, 0.6) is 11.5 Å². The number of carbonyl (C=O) groups is 1. The van der Waals surface area contributed by atoms with Crippen LogP contribution in [0.15, 0.2) is 12.1 Å². The van der Waals surface area contributed by atoms with Crippen LogP contribution in [0.3, 0.4) is 0 Å². The second-order valence-electron chi connectivity index (χ2n) is 5.91. The SMILES string of the molecule is CCOc1c(Cl)cc(C(=O)N2CCC(C)(CN)C2)cc1OC.Cl. The van der Waals surface area contributed by atoms with Gasteiger partial charge >= 0.3 is 0 Å². The van der Waals surface area contributed by atoms with Gasteiger partial charge < -0.3 is 20.1 Å². The molecule has 130 valence electrons. The average Bonchev–Trinajstić information content (AvgIpc) is 2.91. The Kier molecular flexibility index (Phi) is 6.99. The number of nitrogens with zero attached hydrogens (tertiary/aromatic N) is 1. The number of nitrogens with two attached hydrogens (primary N) is 1. The van der Waals surface area contributed by atoms with E-state index in [1.54, 1.807) is 12.1 Å². The molecule has 1 saturated heterocycles. The molecule has 0 aromatic heterocycles. The van der Waals surface area contributed by atoms with Crippen LogP contribution in [0.1, 0.15) is 30.6 Å². The maximum atomic E-state index is 12.7. The molecule has 1 aliphatic heterocycles. The van der Waals surface area contributed by atoms with Gasteiger partial charge in [0, 0.05) is 18.7 Å². The highest BCUT2D eigenvalue weighted by atomic mass is 35.5. The lowest BCUT2D eigenvalue weighted by Crippen LogP contribution is -2.34. The van der Waals surface area contributed by atoms with Gasteiger partial charge in [0.2, 0.25) is 0 Å². The fraction of sp³-hybridized carbons (Fsp3) is 0.562. The van der Waals surface area contributed by atoms with E-state index in [1.807, 2.05) is 11.8 Å². The molecule has 1 unspecified atom stereocenters. The topological polar surface area (TPSA) is 64.8 Å². The molecule has 1 atom stereocenters. The van der Waals surface area contributed by atoms with Crippen molar-refractivity contribution in [3.8, 4) is 11.5 Å². The molecule has 23 heavy (non-hydrogen) atoms. The zero-order valence-corrected chi connectivity index (χ0v) is 15.3. The predicted molar refractivity (Wildman–Crippen MR) is 94.1 cm³/mol. The molecule has 1 amide bonds. The lowest BCUT2D eigenvalue weighted by Gasteiger charge is -2.23. The summed E-state index contributed by atoms with van der Waals surface area (Å²) in [6.07, 6.45) is 0.914. The quantitative estimate of drug-likeness (QED) is 0.874. The van der Waals surface area contributed by atoms with E-state index in [4.69, 9.17) is 26.8 Å². The third kappa shape index (κ3) is 4.22. The van der Waals surface area contributed by atoms with Gasteiger partial charge in [-0.15, -0.1) is 12.4 Å². The smallest absolute Gasteiger partial charge is 0.254 e. The Hall–Kier alpha value is -1.17. The molecular formula is C16H24Cl2N2O3. The molecule has 2 N–H and O–H groups in total. The second-order valence-corrected chi connectivity index (χ2v) is 6.32. The van der Waals surface area contributed by atoms with Gasteiger partial charge in [-0.25, -0.2) is 0 Å². The minimum Gasteiger partial charge on any atom is -0.493 e. The number of likely N-dealkylation sites (tertiary alicyclic amines) is 1. The molecule has 0 bridgehead atoms. The third-order valence-corrected chi connectivity index (χ3v) is 4.38. The summed E-state index contributed by atoms with van der Waals surface area (Å²) in [6.45, 7) is 6.39. The number of methoxy groups -OCH3 is 1. The van der Waals surface area contributed by atoms with Crippen molar-refractivity contribution in [3.63, 3.8) is 0 Å². The van der Waals surface area contributed by atoms with E-state index in [1.165, 1.54) is 7.11 Å². The molecule has 0 aliphatic carbocycles. The van der Waals surface area contributed by atoms with Crippen LogP contribution in [-0.4, -0.2) is 44.2 Å². The van der Waals surface area contributed by atoms with E-state index < -0.39 is 0 Å². The van der Waals surface area contributed by atoms with Crippen molar-refractivity contribution < 1.29 is 14.3 Å². The Morgan fingerprint density at radius 1 is 1.48 bits per heavy atom. The Morgan fingerprint density at radius 3 is 2.70 bits per heavy atom. The molecular weight excluding hydrogens is 339 g/mol. The highest BCUT2D eigenvalue weighted by Crippen LogP contribution is 2.37. The highest BCUT2D eigenvalue weighted by Gasteiger charge is 2.35. The summed E-state index contributed by atoms with van der Waals surface area (Å²) < 4.78 is 10.8. The number of hydrogen-bond donors (Lipinski definition) is 1. The van der Waals surface area contributed by atoms with Gasteiger partial charge in [-0.1, -0.05) is 18.5 Å². The largest absolute Gasteiger partial charge is 0.493 e. The van der Waals surface area contributed by atoms with Crippen molar-refractivity contribution in [2.24, 2.45) is 11.1 Å². The maximum absolute atomic E-state index is 12.7. The third-order valence-electron chi connectivity index (χ3n) is 4.10. The first-order chi connectivity index (χ1) is 10.4. The number of halogens is 2. The lowest BCUT2D eigenvalue weighted by molar-refractivity contribution is 0.0776. The van der Waals surface area contributed by atoms with Crippen molar-refractivity contribution in [3.05, 3.63) is 22.7 Å². The van der Waals surface area contributed by atoms with Crippen molar-refractivity contribution in [2.75, 3.05) is 33.4 Å². The monoisotopic (exact) mass is 362 g/mol. The molecule has 1 aromatic rings. The first-order valence-corrected chi connectivity index (χ1v) is 7.81. The van der Waals surface area contributed by atoms with Gasteiger partial charge in [0.1, 0.15) is 0 Å². The van der Waals surface area contributed by atoms with Gasteiger partial charge in [-0.05, 0) is 37.4 Å². The molecule has 2 rings (SSSR count). The standard InChI is InChI=1S/C16H23ClN2O3.ClH/c1-4-22-14-12(17)7-11(8-13(14)21-3)15(20)19-6-5-16(2,9-18)10-19;/h7-8H,4-6,9-10,18H2,1-3H3;1H. The van der Waals surface area contributed by atoms with Crippen LogP contribution in [0, 0.1) is 5.41 Å². The molecule has 0 saturated carbocycles. The van der Waals surface area contributed by atoms with Crippen molar-refractivity contribution in [1.82, 2.24) is 4.90 Å². The van der Waals surface area contributed by atoms with Gasteiger partial charge in [0.15, 0.2) is 11.5 Å². The average molecular weight is 363 g/mol. The van der Waals surface area contributed by atoms with Crippen LogP contribution in [0.2, 0.25) is 5.02 Å². The van der Waals surface area contributed by atoms with Crippen molar-refractivity contribution >= 4 is 29.9 Å². The fourth-order valence-corrected chi connectivity index (χ4v) is 2.94. The zero-order chi connectivity index (χ0) is 16.3. The van der Waals surface area contributed by atoms with E-state index in [0.29, 0.717) is 48.3 Å². The number of ether oxygens (including phenoxy) is 2. The summed E-state index contributed by atoms with van der Waals surface area (Å²) in [5.74, 6) is 0.885. The second kappa shape index (κ2) is 8.08. The fourth-order valence-electron chi connectivity index (χ4n) is 2.67. The van der Waals surface area contributed by atoms with E-state index in [2.05, 4.69) is 6.92 Å². The van der Waals surface area contributed by atoms with Crippen LogP contribution >= 0.6 is 24.0 Å². The van der Waals surface area contributed by atoms with Gasteiger partial charge in [-0.2, -0.15) is 0 Å². The summed E-state index contributed by atoms with van der Waals surface area (Å²) in [7, 11) is 1.53. The highest BCUT2D eigenvalue weighted by molar-refractivity contribution is 6.32. The summed E-state index contributed by atoms with van der Waals surface area (Å²) in [5, 5.41) is 0.380. The van der Waals surface area contributed by atoms with Crippen LogP contribution in [-0.2, 0) is 0 Å². The Labute approximate surface area is 148 Å². The molecule has 1 aromatic carbocycles. The molecule has 1 fully saturated rings. The molecule has 7 heteroatoms. The van der Waals surface area contributed by atoms with Gasteiger partial charge in [0.25, 0.3) is 5.91 Å². The Morgan fingerprint density at radius 2 is 2.17 bits per heavy atom. The Balaban J connectivity index is 0.00000264. The first kappa shape index (κ1) is 19.9. The summed E-state index contributed by atoms with van der Waals surface area (Å²) >= 11 is 6.23. The summed E-state index contributed by atoms with van der Waals surface area (Å²) in [5.41, 5.74) is 6.30. The predicted octanol–water partition coefficient (Wildman–Crippen LogP) is 2.98. The van der Waals surface area contributed by atoms with E-state index in [9.17, 15) is 4.79 Å². The van der Waals surface area contributed by atoms with Crippen LogP contribution in [0.4, 0.5) is 0 Å². The molecule has 1 aliphatic rings. The zero-order valence-electron chi connectivity index (χ0n) is 13.7. The minimum absolute atomic E-state index is 0.